The van der Waals surface area contributed by atoms with Gasteiger partial charge in [-0.1, -0.05) is 38.7 Å². The summed E-state index contributed by atoms with van der Waals surface area (Å²) < 4.78 is 20.7. The molecule has 0 aliphatic rings. The highest BCUT2D eigenvalue weighted by Crippen LogP contribution is 1.97. The van der Waals surface area contributed by atoms with Crippen molar-refractivity contribution < 1.29 is 4.11 Å². The first-order valence-electron chi connectivity index (χ1n) is 4.21. The normalized spacial score (nSPS) is 17.6. The summed E-state index contributed by atoms with van der Waals surface area (Å²) in [6.07, 6.45) is 2.32. The highest BCUT2D eigenvalue weighted by Gasteiger charge is 1.81. The number of rotatable bonds is 4. The van der Waals surface area contributed by atoms with Gasteiger partial charge >= 0.3 is 0 Å². The van der Waals surface area contributed by atoms with E-state index in [0.29, 0.717) is 6.42 Å². The van der Waals surface area contributed by atoms with Crippen LogP contribution in [0.25, 0.3) is 0 Å². The summed E-state index contributed by atoms with van der Waals surface area (Å²) in [5, 5.41) is 0. The maximum atomic E-state index is 6.90. The van der Waals surface area contributed by atoms with Crippen molar-refractivity contribution in [1.29, 1.82) is 0 Å². The number of hydrogen-bond donors (Lipinski definition) is 0. The van der Waals surface area contributed by atoms with Crippen molar-refractivity contribution in [3.05, 3.63) is 0 Å². The summed E-state index contributed by atoms with van der Waals surface area (Å²) in [7, 11) is 0.967. The number of hydrogen-bond acceptors (Lipinski definition) is 0. The molecule has 1 heteroatoms. The summed E-state index contributed by atoms with van der Waals surface area (Å²) in [6, 6.07) is 1.19. The molecule has 0 spiro atoms. The van der Waals surface area contributed by atoms with E-state index in [1.165, 1.54) is 6.04 Å². The third kappa shape index (κ3) is 6.22. The molecule has 0 heterocycles. The SMILES string of the molecule is [2H]C([2H])([2H])CCCC[Si]C. The molecule has 0 amide bonds. The molecule has 0 aliphatic carbocycles. The molecular weight excluding hydrogens is 100 g/mol. The minimum absolute atomic E-state index is 0.386. The third-order valence-electron chi connectivity index (χ3n) is 0.854. The maximum absolute atomic E-state index is 6.90. The van der Waals surface area contributed by atoms with E-state index in [1.54, 1.807) is 0 Å². The second-order valence-electron chi connectivity index (χ2n) is 1.56. The molecule has 0 fully saturated rings. The van der Waals surface area contributed by atoms with Crippen LogP contribution in [0.15, 0.2) is 0 Å². The average Bonchev–Trinajstić information content (AvgIpc) is 1.78. The molecule has 0 aromatic heterocycles. The Balaban J connectivity index is 3.04. The first kappa shape index (κ1) is 3.28. The molecule has 0 atom stereocenters. The van der Waals surface area contributed by atoms with E-state index in [1.807, 2.05) is 0 Å². The zero-order valence-electron chi connectivity index (χ0n) is 7.83. The van der Waals surface area contributed by atoms with Gasteiger partial charge < -0.3 is 0 Å². The summed E-state index contributed by atoms with van der Waals surface area (Å²) in [6.45, 7) is 0.451. The predicted molar refractivity (Wildman–Crippen MR) is 35.9 cm³/mol. The van der Waals surface area contributed by atoms with Crippen molar-refractivity contribution in [2.75, 3.05) is 0 Å². The average molecular weight is 117 g/mol. The summed E-state index contributed by atoms with van der Waals surface area (Å²) in [5.41, 5.74) is 0. The van der Waals surface area contributed by atoms with Crippen molar-refractivity contribution in [3.63, 3.8) is 0 Å². The van der Waals surface area contributed by atoms with Gasteiger partial charge in [0.15, 0.2) is 0 Å². The zero-order chi connectivity index (χ0) is 8.04. The van der Waals surface area contributed by atoms with Gasteiger partial charge in [0.05, 0.1) is 0 Å². The highest BCUT2D eigenvalue weighted by molar-refractivity contribution is 6.33. The van der Waals surface area contributed by atoms with E-state index < -0.39 is 6.85 Å². The molecule has 0 saturated heterocycles. The lowest BCUT2D eigenvalue weighted by Gasteiger charge is -1.89. The van der Waals surface area contributed by atoms with E-state index in [4.69, 9.17) is 4.11 Å². The van der Waals surface area contributed by atoms with Crippen LogP contribution in [-0.2, 0) is 0 Å². The second-order valence-corrected chi connectivity index (χ2v) is 2.77. The Morgan fingerprint density at radius 2 is 2.43 bits per heavy atom. The van der Waals surface area contributed by atoms with Gasteiger partial charge in [0.25, 0.3) is 0 Å². The van der Waals surface area contributed by atoms with Gasteiger partial charge in [0, 0.05) is 13.6 Å². The molecule has 0 N–H and O–H groups in total. The Labute approximate surface area is 53.4 Å². The minimum Gasteiger partial charge on any atom is -0.0733 e. The monoisotopic (exact) mass is 117 g/mol. The molecule has 0 aromatic rings. The molecule has 7 heavy (non-hydrogen) atoms. The molecule has 0 saturated carbocycles. The zero-order valence-corrected chi connectivity index (χ0v) is 5.83. The van der Waals surface area contributed by atoms with Crippen LogP contribution < -0.4 is 0 Å². The fourth-order valence-electron chi connectivity index (χ4n) is 0.427. The van der Waals surface area contributed by atoms with Crippen molar-refractivity contribution >= 4 is 9.52 Å². The van der Waals surface area contributed by atoms with Gasteiger partial charge in [-0.05, 0) is 0 Å². The molecule has 0 bridgehead atoms. The van der Waals surface area contributed by atoms with E-state index >= 15 is 0 Å². The van der Waals surface area contributed by atoms with Crippen LogP contribution in [0.3, 0.4) is 0 Å². The standard InChI is InChI=1S/C6H14Si/c1-3-4-5-6-7-2/h3-6H2,1-2H3/i1D3. The molecule has 0 aliphatic heterocycles. The minimum atomic E-state index is -1.70. The Kier molecular flexibility index (Phi) is 2.92. The second kappa shape index (κ2) is 6.22. The smallest absolute Gasteiger partial charge is 0.0342 e. The van der Waals surface area contributed by atoms with E-state index in [9.17, 15) is 0 Å². The lowest BCUT2D eigenvalue weighted by Crippen LogP contribution is -1.79. The van der Waals surface area contributed by atoms with Crippen molar-refractivity contribution in [3.8, 4) is 0 Å². The fraction of sp³-hybridized carbons (Fsp3) is 1.00. The molecule has 0 unspecified atom stereocenters. The highest BCUT2D eigenvalue weighted by atomic mass is 28.2. The van der Waals surface area contributed by atoms with E-state index in [2.05, 4.69) is 6.55 Å². The van der Waals surface area contributed by atoms with Crippen molar-refractivity contribution in [2.24, 2.45) is 0 Å². The van der Waals surface area contributed by atoms with Crippen LogP contribution in [0, 0.1) is 0 Å². The molecule has 42 valence electrons. The topological polar surface area (TPSA) is 0 Å². The van der Waals surface area contributed by atoms with E-state index in [0.717, 1.165) is 22.4 Å². The van der Waals surface area contributed by atoms with Crippen LogP contribution in [0.1, 0.15) is 30.2 Å². The summed E-state index contributed by atoms with van der Waals surface area (Å²) >= 11 is 0. The Morgan fingerprint density at radius 1 is 1.57 bits per heavy atom. The number of unbranched alkanes of at least 4 members (excludes halogenated alkanes) is 1. The van der Waals surface area contributed by atoms with Crippen LogP contribution in [0.4, 0.5) is 0 Å². The van der Waals surface area contributed by atoms with Gasteiger partial charge in [-0.2, -0.15) is 0 Å². The molecule has 2 radical (unpaired) electrons. The van der Waals surface area contributed by atoms with Gasteiger partial charge in [-0.3, -0.25) is 0 Å². The summed E-state index contributed by atoms with van der Waals surface area (Å²) in [5.74, 6) is 0. The van der Waals surface area contributed by atoms with Crippen LogP contribution >= 0.6 is 0 Å². The van der Waals surface area contributed by atoms with Gasteiger partial charge in [0.2, 0.25) is 0 Å². The lowest BCUT2D eigenvalue weighted by atomic mass is 10.3. The first-order valence-corrected chi connectivity index (χ1v) is 4.41. The molecular formula is C6H14Si. The first-order chi connectivity index (χ1) is 4.56. The Hall–Kier alpha value is 0.217. The fourth-order valence-corrected chi connectivity index (χ4v) is 1.03. The van der Waals surface area contributed by atoms with Crippen LogP contribution in [0.2, 0.25) is 12.6 Å². The lowest BCUT2D eigenvalue weighted by molar-refractivity contribution is 0.769. The van der Waals surface area contributed by atoms with Crippen molar-refractivity contribution in [2.45, 2.75) is 38.7 Å². The molecule has 0 aromatic carbocycles. The van der Waals surface area contributed by atoms with Crippen LogP contribution in [0.5, 0.6) is 0 Å². The predicted octanol–water partition coefficient (Wildman–Crippen LogP) is 2.35. The molecule has 0 rings (SSSR count). The van der Waals surface area contributed by atoms with Gasteiger partial charge in [-0.25, -0.2) is 0 Å². The van der Waals surface area contributed by atoms with Crippen LogP contribution in [-0.4, -0.2) is 9.52 Å². The van der Waals surface area contributed by atoms with Gasteiger partial charge in [0.1, 0.15) is 0 Å². The van der Waals surface area contributed by atoms with E-state index in [-0.39, 0.29) is 0 Å². The largest absolute Gasteiger partial charge is 0.0733 e. The summed E-state index contributed by atoms with van der Waals surface area (Å²) in [4.78, 5) is 0. The van der Waals surface area contributed by atoms with Crippen molar-refractivity contribution in [1.82, 2.24) is 0 Å². The Bertz CT molecular complexity index is 79.6. The quantitative estimate of drug-likeness (QED) is 0.392. The Morgan fingerprint density at radius 3 is 3.00 bits per heavy atom. The third-order valence-corrected chi connectivity index (χ3v) is 1.71. The maximum Gasteiger partial charge on any atom is 0.0342 e. The van der Waals surface area contributed by atoms with Gasteiger partial charge in [-0.15, -0.1) is 0 Å². The molecule has 0 nitrogen and oxygen atoms in total.